The molecule has 2 aromatic heterocycles. The fourth-order valence-electron chi connectivity index (χ4n) is 6.52. The molecule has 5 rings (SSSR count). The maximum absolute atomic E-state index is 11.6. The van der Waals surface area contributed by atoms with Gasteiger partial charge in [-0.1, -0.05) is 71.6 Å². The van der Waals surface area contributed by atoms with E-state index < -0.39 is 11.9 Å². The normalized spacial score (nSPS) is 24.1. The molecule has 0 aliphatic carbocycles. The largest absolute Gasteiger partial charge is 4.00 e. The van der Waals surface area contributed by atoms with Crippen molar-refractivity contribution in [2.24, 2.45) is 11.8 Å². The van der Waals surface area contributed by atoms with Crippen LogP contribution in [0.15, 0.2) is 40.0 Å². The average molecular weight is 687 g/mol. The molecule has 3 aliphatic heterocycles. The first-order chi connectivity index (χ1) is 20.8. The van der Waals surface area contributed by atoms with Gasteiger partial charge in [-0.25, -0.2) is 0 Å². The monoisotopic (exact) mass is 686 g/mol. The first-order valence-corrected chi connectivity index (χ1v) is 15.9. The Labute approximate surface area is 285 Å². The van der Waals surface area contributed by atoms with Crippen LogP contribution >= 0.6 is 25.3 Å². The summed E-state index contributed by atoms with van der Waals surface area (Å²) in [6, 6.07) is 0. The predicted octanol–water partition coefficient (Wildman–Crippen LogP) is 5.29. The maximum atomic E-state index is 11.6. The number of hydrogen-bond acceptors (Lipinski definition) is 4. The number of allylic oxidation sites excluding steroid dienone is 4. The molecule has 4 atom stereocenters. The van der Waals surface area contributed by atoms with Crippen molar-refractivity contribution in [2.75, 3.05) is 0 Å². The Bertz CT molecular complexity index is 1790. The Morgan fingerprint density at radius 3 is 1.76 bits per heavy atom. The van der Waals surface area contributed by atoms with E-state index in [1.807, 2.05) is 32.1 Å². The van der Waals surface area contributed by atoms with Crippen LogP contribution in [0.3, 0.4) is 0 Å². The molecule has 0 saturated carbocycles. The second kappa shape index (κ2) is 13.8. The number of fused-ring (bicyclic) bond motifs is 8. The molecule has 0 spiro atoms. The molecule has 0 radical (unpaired) electrons. The third-order valence-corrected chi connectivity index (χ3v) is 9.51. The molecule has 0 unspecified atom stereocenters. The summed E-state index contributed by atoms with van der Waals surface area (Å²) in [5.41, 5.74) is 10.4. The smallest absolute Gasteiger partial charge is 0.661 e. The van der Waals surface area contributed by atoms with Crippen molar-refractivity contribution < 1.29 is 36.9 Å². The zero-order valence-corrected chi connectivity index (χ0v) is 29.1. The number of nitrogens with zero attached hydrogens (tertiary/aromatic N) is 4. The van der Waals surface area contributed by atoms with Crippen LogP contribution in [0.4, 0.5) is 0 Å². The number of hydrogen-bond donors (Lipinski definition) is 4. The minimum atomic E-state index is -0.889. The van der Waals surface area contributed by atoms with E-state index in [0.29, 0.717) is 23.9 Å². The van der Waals surface area contributed by atoms with Gasteiger partial charge in [0.25, 0.3) is 0 Å². The number of aromatic nitrogens is 2. The van der Waals surface area contributed by atoms with E-state index in [4.69, 9.17) is 45.9 Å². The van der Waals surface area contributed by atoms with Gasteiger partial charge in [0.05, 0.1) is 0 Å². The number of carboxylic acids is 2. The molecular weight excluding hydrogens is 648 g/mol. The van der Waals surface area contributed by atoms with Gasteiger partial charge in [0, 0.05) is 23.3 Å². The van der Waals surface area contributed by atoms with E-state index in [2.05, 4.69) is 33.8 Å². The van der Waals surface area contributed by atoms with Crippen molar-refractivity contribution in [3.8, 4) is 0 Å². The molecule has 0 aromatic carbocycles. The van der Waals surface area contributed by atoms with Crippen LogP contribution in [0.1, 0.15) is 74.2 Å². The van der Waals surface area contributed by atoms with E-state index in [1.165, 1.54) is 0 Å². The predicted molar refractivity (Wildman–Crippen MR) is 180 cm³/mol. The Morgan fingerprint density at radius 1 is 0.711 bits per heavy atom. The molecule has 0 saturated heterocycles. The summed E-state index contributed by atoms with van der Waals surface area (Å²) in [4.78, 5) is 33.1. The summed E-state index contributed by atoms with van der Waals surface area (Å²) in [5.74, 6) is -1.83. The van der Waals surface area contributed by atoms with E-state index in [9.17, 15) is 19.8 Å². The molecule has 5 heterocycles. The third-order valence-electron chi connectivity index (χ3n) is 8.91. The van der Waals surface area contributed by atoms with Crippen LogP contribution < -0.4 is 20.7 Å². The minimum Gasteiger partial charge on any atom is -0.661 e. The molecule has 0 amide bonds. The quantitative estimate of drug-likeness (QED) is 0.221. The molecule has 11 heteroatoms. The maximum Gasteiger partial charge on any atom is 4.00 e. The van der Waals surface area contributed by atoms with Crippen LogP contribution in [-0.4, -0.2) is 32.7 Å². The zero-order chi connectivity index (χ0) is 32.0. The van der Waals surface area contributed by atoms with Crippen molar-refractivity contribution in [3.05, 3.63) is 95.0 Å². The van der Waals surface area contributed by atoms with Crippen LogP contribution in [0, 0.1) is 25.7 Å². The van der Waals surface area contributed by atoms with E-state index in [1.54, 1.807) is 0 Å². The molecule has 8 nitrogen and oxygen atoms in total. The first kappa shape index (κ1) is 34.9. The number of carboxylic acid groups (broad SMARTS) is 2. The Balaban J connectivity index is 0.00000461. The first-order valence-electron chi connectivity index (χ1n) is 14.9. The molecular formula is C34H38FeN4O4S2. The minimum absolute atomic E-state index is 0. The van der Waals surface area contributed by atoms with Gasteiger partial charge in [-0.05, 0) is 52.4 Å². The number of carbonyl (C=O) groups is 2. The summed E-state index contributed by atoms with van der Waals surface area (Å²) in [6.07, 6.45) is 8.42. The average Bonchev–Trinajstić information content (AvgIpc) is 3.59. The second-order valence-corrected chi connectivity index (χ2v) is 13.6. The fourth-order valence-corrected chi connectivity index (χ4v) is 7.27. The van der Waals surface area contributed by atoms with E-state index in [-0.39, 0.29) is 52.2 Å². The molecule has 8 bridgehead atoms. The molecule has 3 aliphatic rings. The van der Waals surface area contributed by atoms with Gasteiger partial charge < -0.3 is 30.8 Å². The van der Waals surface area contributed by atoms with E-state index >= 15 is 0 Å². The van der Waals surface area contributed by atoms with Gasteiger partial charge in [-0.15, -0.1) is 33.5 Å². The summed E-state index contributed by atoms with van der Waals surface area (Å²) in [7, 11) is 0. The topological polar surface area (TPSA) is 131 Å². The van der Waals surface area contributed by atoms with Crippen molar-refractivity contribution in [1.82, 2.24) is 9.97 Å². The summed E-state index contributed by atoms with van der Waals surface area (Å²) in [5, 5.41) is 30.5. The second-order valence-electron chi connectivity index (χ2n) is 12.0. The number of thiol groups is 2. The van der Waals surface area contributed by atoms with Crippen molar-refractivity contribution in [1.29, 1.82) is 0 Å². The molecule has 2 N–H and O–H groups in total. The Kier molecular flexibility index (Phi) is 10.7. The van der Waals surface area contributed by atoms with Crippen LogP contribution in [0.25, 0.3) is 28.9 Å². The van der Waals surface area contributed by atoms with E-state index in [0.717, 1.165) is 67.2 Å². The van der Waals surface area contributed by atoms with Crippen molar-refractivity contribution in [3.63, 3.8) is 0 Å². The van der Waals surface area contributed by atoms with Crippen LogP contribution in [0.5, 0.6) is 0 Å². The zero-order valence-electron chi connectivity index (χ0n) is 26.2. The summed E-state index contributed by atoms with van der Waals surface area (Å²) in [6.45, 7) is 12.2. The van der Waals surface area contributed by atoms with Crippen molar-refractivity contribution in [2.45, 2.75) is 77.7 Å². The SMILES string of the molecule is CC1=C2/C=c3/[n-]/c(c(CCC(=O)O)c3C)=C\c3[n-]c(c(C)c3CCC(=O)O)/C=C3\[N-]C(=C(C)[C@@H]3[C@@H](C)S)/C=C(\[N-]2)[C@H]1[C@H](C)S.[Fe+4]. The molecule has 238 valence electrons. The molecule has 0 fully saturated rings. The van der Waals surface area contributed by atoms with Crippen LogP contribution in [-0.2, 0) is 39.5 Å². The molecule has 2 aromatic rings. The fraction of sp³-hybridized carbons (Fsp3) is 0.412. The van der Waals surface area contributed by atoms with Gasteiger partial charge in [0.1, 0.15) is 0 Å². The van der Waals surface area contributed by atoms with Crippen LogP contribution in [0.2, 0.25) is 0 Å². The van der Waals surface area contributed by atoms with Gasteiger partial charge in [0.2, 0.25) is 0 Å². The Morgan fingerprint density at radius 2 is 1.22 bits per heavy atom. The molecule has 45 heavy (non-hydrogen) atoms. The van der Waals surface area contributed by atoms with Gasteiger partial charge in [-0.2, -0.15) is 36.7 Å². The summed E-state index contributed by atoms with van der Waals surface area (Å²) >= 11 is 9.66. The van der Waals surface area contributed by atoms with Gasteiger partial charge in [0.15, 0.2) is 0 Å². The van der Waals surface area contributed by atoms with Gasteiger partial charge >= 0.3 is 29.0 Å². The standard InChI is InChI=1S/C34H38N4O4S2.Fe/c1-15-21(7-9-31(39)40)27-14-28-22(8-10-32(41)42)16(2)24(36-28)12-29-34(20(6)44)18(4)26(38-29)13-30-33(19(5)43)17(3)25(37-30)11-23(15)35-27;/h11-14,19-20,33-34,43-44H,7-10H2,1-6H3,(H,39,40)(H,41,42);/q-4;+4/b23-11+,27-14-,29-12-,30-13-;/t19-,20+,33+,34+;/m0./s1. The number of rotatable bonds is 8. The number of aliphatic carboxylic acids is 2. The van der Waals surface area contributed by atoms with Gasteiger partial charge in [-0.3, -0.25) is 9.59 Å². The third kappa shape index (κ3) is 6.92. The van der Waals surface area contributed by atoms with Crippen molar-refractivity contribution >= 4 is 55.4 Å². The summed E-state index contributed by atoms with van der Waals surface area (Å²) < 4.78 is 0. The Hall–Kier alpha value is -2.98.